The van der Waals surface area contributed by atoms with Crippen molar-refractivity contribution in [3.05, 3.63) is 32.5 Å². The predicted octanol–water partition coefficient (Wildman–Crippen LogP) is 1.03. The van der Waals surface area contributed by atoms with Crippen molar-refractivity contribution in [1.82, 2.24) is 4.90 Å². The molecule has 1 saturated heterocycles. The summed E-state index contributed by atoms with van der Waals surface area (Å²) in [6, 6.07) is 0. The van der Waals surface area contributed by atoms with Gasteiger partial charge in [-0.2, -0.15) is 0 Å². The van der Waals surface area contributed by atoms with E-state index in [0.717, 1.165) is 31.6 Å². The SMILES string of the molecule is [CH2-]C1([CH2-])CN(C(=O)CC2CCCCC2)C1.[CH2-]C1=CCC(C)=N1.[K+]. The average molecular weight is 341 g/mol. The summed E-state index contributed by atoms with van der Waals surface area (Å²) in [4.78, 5) is 17.8. The van der Waals surface area contributed by atoms with Crippen LogP contribution in [-0.2, 0) is 4.79 Å². The number of nitrogens with zero attached hydrogens (tertiary/aromatic N) is 2. The molecular weight excluding hydrogens is 311 g/mol. The van der Waals surface area contributed by atoms with Crippen molar-refractivity contribution < 1.29 is 56.2 Å². The number of hydrogen-bond acceptors (Lipinski definition) is 2. The normalized spacial score (nSPS) is 22.8. The molecule has 124 valence electrons. The zero-order valence-electron chi connectivity index (χ0n) is 14.9. The van der Waals surface area contributed by atoms with E-state index in [1.54, 1.807) is 0 Å². The van der Waals surface area contributed by atoms with Gasteiger partial charge in [-0.25, -0.2) is 13.0 Å². The van der Waals surface area contributed by atoms with Gasteiger partial charge >= 0.3 is 51.4 Å². The number of carbonyl (C=O) groups is 1. The second-order valence-electron chi connectivity index (χ2n) is 7.20. The Hall–Kier alpha value is 0.386. The Labute approximate surface area is 184 Å². The predicted molar refractivity (Wildman–Crippen MR) is 92.1 cm³/mol. The molecule has 0 aromatic carbocycles. The molecular formula is C19H29KN2O-2. The third-order valence-electron chi connectivity index (χ3n) is 4.56. The van der Waals surface area contributed by atoms with Crippen LogP contribution in [0, 0.1) is 32.1 Å². The molecule has 0 aromatic heterocycles. The van der Waals surface area contributed by atoms with Gasteiger partial charge in [0, 0.05) is 6.42 Å². The second kappa shape index (κ2) is 9.76. The van der Waals surface area contributed by atoms with Crippen molar-refractivity contribution in [3.63, 3.8) is 0 Å². The minimum atomic E-state index is -0.123. The summed E-state index contributed by atoms with van der Waals surface area (Å²) in [5.74, 6) is 0.973. The molecule has 0 aromatic rings. The Morgan fingerprint density at radius 2 is 1.91 bits per heavy atom. The number of carbonyl (C=O) groups excluding carboxylic acids is 1. The summed E-state index contributed by atoms with van der Waals surface area (Å²) < 4.78 is 0. The molecule has 3 aliphatic rings. The monoisotopic (exact) mass is 340 g/mol. The van der Waals surface area contributed by atoms with Crippen LogP contribution >= 0.6 is 0 Å². The van der Waals surface area contributed by atoms with Gasteiger partial charge in [-0.1, -0.05) is 25.7 Å². The first kappa shape index (κ1) is 21.4. The molecule has 2 heterocycles. The van der Waals surface area contributed by atoms with Crippen molar-refractivity contribution in [3.8, 4) is 0 Å². The fraction of sp³-hybridized carbons (Fsp3) is 0.632. The molecule has 0 bridgehead atoms. The fourth-order valence-electron chi connectivity index (χ4n) is 3.31. The van der Waals surface area contributed by atoms with Crippen LogP contribution < -0.4 is 51.4 Å². The van der Waals surface area contributed by atoms with E-state index in [1.165, 1.54) is 37.8 Å². The van der Waals surface area contributed by atoms with Gasteiger partial charge in [0.05, 0.1) is 0 Å². The molecule has 0 N–H and O–H groups in total. The molecule has 1 saturated carbocycles. The summed E-state index contributed by atoms with van der Waals surface area (Å²) in [6.45, 7) is 15.1. The molecule has 3 nitrogen and oxygen atoms in total. The first-order valence-corrected chi connectivity index (χ1v) is 8.40. The van der Waals surface area contributed by atoms with Gasteiger partial charge in [0.2, 0.25) is 5.91 Å². The molecule has 1 aliphatic carbocycles. The van der Waals surface area contributed by atoms with Gasteiger partial charge in [-0.3, -0.25) is 15.2 Å². The minimum absolute atomic E-state index is 0. The first-order valence-electron chi connectivity index (χ1n) is 8.40. The number of hydrogen-bond donors (Lipinski definition) is 0. The molecule has 0 radical (unpaired) electrons. The molecule has 23 heavy (non-hydrogen) atoms. The smallest absolute Gasteiger partial charge is 0.363 e. The third kappa shape index (κ3) is 7.43. The van der Waals surface area contributed by atoms with Crippen molar-refractivity contribution in [2.45, 2.75) is 51.9 Å². The Kier molecular flexibility index (Phi) is 9.10. The van der Waals surface area contributed by atoms with Gasteiger partial charge in [-0.15, -0.1) is 5.70 Å². The zero-order valence-corrected chi connectivity index (χ0v) is 18.1. The maximum atomic E-state index is 11.9. The van der Waals surface area contributed by atoms with Gasteiger partial charge in [0.15, 0.2) is 0 Å². The Morgan fingerprint density at radius 1 is 1.30 bits per heavy atom. The molecule has 2 fully saturated rings. The number of rotatable bonds is 2. The van der Waals surface area contributed by atoms with Gasteiger partial charge in [0.1, 0.15) is 0 Å². The maximum Gasteiger partial charge on any atom is 1.00 e. The van der Waals surface area contributed by atoms with Gasteiger partial charge in [-0.05, 0) is 44.5 Å². The minimum Gasteiger partial charge on any atom is -0.363 e. The van der Waals surface area contributed by atoms with E-state index in [0.29, 0.717) is 11.8 Å². The van der Waals surface area contributed by atoms with Crippen LogP contribution in [0.3, 0.4) is 0 Å². The molecule has 0 spiro atoms. The standard InChI is InChI=1S/C13H21NO.C6H8N.K/c1-13(2)9-14(10-13)12(15)8-11-6-4-3-5-7-11;1-5-3-4-6(2)7-5;/h11H,1-10H2;3H,1,4H2,2H3;/q-2;-1;+1. The third-order valence-corrected chi connectivity index (χ3v) is 4.56. The summed E-state index contributed by atoms with van der Waals surface area (Å²) in [6.07, 6.45) is 10.3. The van der Waals surface area contributed by atoms with Crippen molar-refractivity contribution in [1.29, 1.82) is 0 Å². The summed E-state index contributed by atoms with van der Waals surface area (Å²) in [5.41, 5.74) is 1.96. The number of likely N-dealkylation sites (tertiary alicyclic amines) is 1. The zero-order chi connectivity index (χ0) is 16.2. The van der Waals surface area contributed by atoms with Crippen LogP contribution in [0.4, 0.5) is 0 Å². The fourth-order valence-corrected chi connectivity index (χ4v) is 3.31. The maximum absolute atomic E-state index is 11.9. The summed E-state index contributed by atoms with van der Waals surface area (Å²) in [7, 11) is 0. The van der Waals surface area contributed by atoms with Crippen LogP contribution in [0.5, 0.6) is 0 Å². The topological polar surface area (TPSA) is 32.7 Å². The summed E-state index contributed by atoms with van der Waals surface area (Å²) >= 11 is 0. The number of allylic oxidation sites excluding steroid dienone is 2. The second-order valence-corrected chi connectivity index (χ2v) is 7.20. The van der Waals surface area contributed by atoms with E-state index in [1.807, 2.05) is 17.9 Å². The van der Waals surface area contributed by atoms with E-state index in [-0.39, 0.29) is 56.8 Å². The van der Waals surface area contributed by atoms with Crippen molar-refractivity contribution in [2.75, 3.05) is 13.1 Å². The van der Waals surface area contributed by atoms with Crippen LogP contribution in [0.25, 0.3) is 0 Å². The van der Waals surface area contributed by atoms with E-state index in [4.69, 9.17) is 0 Å². The van der Waals surface area contributed by atoms with Crippen LogP contribution in [-0.4, -0.2) is 29.6 Å². The van der Waals surface area contributed by atoms with E-state index < -0.39 is 0 Å². The number of amides is 1. The van der Waals surface area contributed by atoms with Gasteiger partial charge < -0.3 is 18.7 Å². The molecule has 2 aliphatic heterocycles. The van der Waals surface area contributed by atoms with Crippen molar-refractivity contribution >= 4 is 11.6 Å². The average Bonchev–Trinajstić information content (AvgIpc) is 2.81. The molecule has 4 heteroatoms. The Bertz CT molecular complexity index is 454. The number of aliphatic imine (C=N–C) groups is 1. The largest absolute Gasteiger partial charge is 1.00 e. The van der Waals surface area contributed by atoms with E-state index >= 15 is 0 Å². The van der Waals surface area contributed by atoms with Crippen LogP contribution in [0.2, 0.25) is 0 Å². The Balaban J connectivity index is 0.000000280. The molecule has 0 unspecified atom stereocenters. The Morgan fingerprint density at radius 3 is 2.30 bits per heavy atom. The summed E-state index contributed by atoms with van der Waals surface area (Å²) in [5, 5.41) is 0. The molecule has 0 atom stereocenters. The quantitative estimate of drug-likeness (QED) is 0.546. The van der Waals surface area contributed by atoms with Crippen molar-refractivity contribution in [2.24, 2.45) is 16.3 Å². The molecule has 3 rings (SSSR count). The van der Waals surface area contributed by atoms with E-state index in [2.05, 4.69) is 25.8 Å². The first-order chi connectivity index (χ1) is 10.4. The molecule has 1 amide bonds. The van der Waals surface area contributed by atoms with Gasteiger partial charge in [0.25, 0.3) is 0 Å². The van der Waals surface area contributed by atoms with Crippen LogP contribution in [0.15, 0.2) is 16.8 Å². The van der Waals surface area contributed by atoms with Crippen LogP contribution in [0.1, 0.15) is 51.9 Å². The van der Waals surface area contributed by atoms with E-state index in [9.17, 15) is 4.79 Å².